The summed E-state index contributed by atoms with van der Waals surface area (Å²) in [5, 5.41) is 14.3. The minimum atomic E-state index is -4.89. The average molecular weight is 492 g/mol. The van der Waals surface area contributed by atoms with Crippen molar-refractivity contribution in [2.24, 2.45) is 0 Å². The first-order valence-electron chi connectivity index (χ1n) is 9.51. The maximum atomic E-state index is 13.9. The van der Waals surface area contributed by atoms with E-state index in [4.69, 9.17) is 11.6 Å². The molecule has 2 amide bonds. The predicted molar refractivity (Wildman–Crippen MR) is 111 cm³/mol. The Morgan fingerprint density at radius 3 is 2.47 bits per heavy atom. The van der Waals surface area contributed by atoms with Gasteiger partial charge in [0.25, 0.3) is 11.8 Å². The van der Waals surface area contributed by atoms with E-state index in [0.717, 1.165) is 12.1 Å². The number of carbonyl (C=O) groups is 2. The number of amides is 2. The van der Waals surface area contributed by atoms with E-state index in [-0.39, 0.29) is 39.0 Å². The number of anilines is 1. The zero-order chi connectivity index (χ0) is 24.8. The fourth-order valence-electron chi connectivity index (χ4n) is 3.65. The number of alkyl halides is 3. The number of hydrogen-bond donors (Lipinski definition) is 2. The Hall–Kier alpha value is -3.97. The molecule has 11 heteroatoms. The van der Waals surface area contributed by atoms with Crippen molar-refractivity contribution >= 4 is 29.1 Å². The van der Waals surface area contributed by atoms with Crippen LogP contribution in [-0.4, -0.2) is 11.8 Å². The standard InChI is InChI=1S/C23H11ClF5N3O2/c24-17-2-1-13(25)8-15(17)20-19-16(22(34)32-20)3-10(9-30)4-18(19)31-21(33)11-5-12(23(27,28)29)7-14(26)6-11/h1-8,20H,(H,31,33)(H,32,34). The van der Waals surface area contributed by atoms with Crippen LogP contribution in [0.4, 0.5) is 27.6 Å². The van der Waals surface area contributed by atoms with Crippen molar-refractivity contribution in [2.45, 2.75) is 12.2 Å². The van der Waals surface area contributed by atoms with Crippen LogP contribution in [0.2, 0.25) is 5.02 Å². The third-order valence-corrected chi connectivity index (χ3v) is 5.47. The van der Waals surface area contributed by atoms with Gasteiger partial charge in [0.05, 0.1) is 23.2 Å². The van der Waals surface area contributed by atoms with Gasteiger partial charge in [0.15, 0.2) is 0 Å². The quantitative estimate of drug-likeness (QED) is 0.468. The Morgan fingerprint density at radius 2 is 1.79 bits per heavy atom. The van der Waals surface area contributed by atoms with Crippen LogP contribution in [0.15, 0.2) is 48.5 Å². The molecule has 1 atom stereocenters. The summed E-state index contributed by atoms with van der Waals surface area (Å²) in [5.41, 5.74) is -1.90. The number of nitrogens with one attached hydrogen (secondary N) is 2. The Bertz CT molecular complexity index is 1400. The summed E-state index contributed by atoms with van der Waals surface area (Å²) < 4.78 is 66.8. The Balaban J connectivity index is 1.82. The lowest BCUT2D eigenvalue weighted by Crippen LogP contribution is -2.21. The van der Waals surface area contributed by atoms with E-state index in [1.807, 2.05) is 6.07 Å². The van der Waals surface area contributed by atoms with E-state index in [0.29, 0.717) is 12.1 Å². The van der Waals surface area contributed by atoms with Crippen LogP contribution in [-0.2, 0) is 6.18 Å². The SMILES string of the molecule is N#Cc1cc(NC(=O)c2cc(F)cc(C(F)(F)F)c2)c2c(c1)C(=O)NC2c1cc(F)ccc1Cl. The summed E-state index contributed by atoms with van der Waals surface area (Å²) in [7, 11) is 0. The van der Waals surface area contributed by atoms with Gasteiger partial charge in [0.2, 0.25) is 0 Å². The third kappa shape index (κ3) is 4.30. The zero-order valence-electron chi connectivity index (χ0n) is 16.7. The normalized spacial score (nSPS) is 14.9. The molecular weight excluding hydrogens is 481 g/mol. The number of nitrogens with zero attached hydrogens (tertiary/aromatic N) is 1. The zero-order valence-corrected chi connectivity index (χ0v) is 17.5. The molecule has 0 aromatic heterocycles. The van der Waals surface area contributed by atoms with E-state index in [1.165, 1.54) is 18.2 Å². The molecular formula is C23H11ClF5N3O2. The van der Waals surface area contributed by atoms with Crippen molar-refractivity contribution in [2.75, 3.05) is 5.32 Å². The molecule has 1 heterocycles. The fourth-order valence-corrected chi connectivity index (χ4v) is 3.88. The molecule has 3 aromatic rings. The van der Waals surface area contributed by atoms with Crippen LogP contribution >= 0.6 is 11.6 Å². The highest BCUT2D eigenvalue weighted by atomic mass is 35.5. The third-order valence-electron chi connectivity index (χ3n) is 5.12. The predicted octanol–water partition coefficient (Wildman–Crippen LogP) is 5.59. The molecule has 0 radical (unpaired) electrons. The van der Waals surface area contributed by atoms with Gasteiger partial charge in [-0.05, 0) is 48.5 Å². The Kier molecular flexibility index (Phi) is 5.75. The summed E-state index contributed by atoms with van der Waals surface area (Å²) in [4.78, 5) is 25.3. The number of fused-ring (bicyclic) bond motifs is 1. The number of rotatable bonds is 3. The Labute approximate surface area is 193 Å². The Morgan fingerprint density at radius 1 is 1.06 bits per heavy atom. The van der Waals surface area contributed by atoms with E-state index < -0.39 is 46.8 Å². The van der Waals surface area contributed by atoms with Gasteiger partial charge in [-0.3, -0.25) is 9.59 Å². The summed E-state index contributed by atoms with van der Waals surface area (Å²) in [6, 6.07) is 8.00. The van der Waals surface area contributed by atoms with E-state index in [9.17, 15) is 36.8 Å². The number of nitriles is 1. The molecule has 1 unspecified atom stereocenters. The molecule has 0 spiro atoms. The van der Waals surface area contributed by atoms with Crippen molar-refractivity contribution in [1.82, 2.24) is 5.32 Å². The molecule has 0 bridgehead atoms. The number of benzene rings is 3. The molecule has 5 nitrogen and oxygen atoms in total. The number of carbonyl (C=O) groups excluding carboxylic acids is 2. The first kappa shape index (κ1) is 23.2. The van der Waals surface area contributed by atoms with Gasteiger partial charge in [0.1, 0.15) is 11.6 Å². The fraction of sp³-hybridized carbons (Fsp3) is 0.0870. The minimum Gasteiger partial charge on any atom is -0.341 e. The molecule has 0 saturated carbocycles. The highest BCUT2D eigenvalue weighted by Gasteiger charge is 2.35. The lowest BCUT2D eigenvalue weighted by atomic mass is 9.94. The molecule has 172 valence electrons. The van der Waals surface area contributed by atoms with Gasteiger partial charge in [-0.2, -0.15) is 18.4 Å². The summed E-state index contributed by atoms with van der Waals surface area (Å²) >= 11 is 6.17. The first-order valence-corrected chi connectivity index (χ1v) is 9.88. The van der Waals surface area contributed by atoms with Crippen LogP contribution in [0.5, 0.6) is 0 Å². The summed E-state index contributed by atoms with van der Waals surface area (Å²) in [6.07, 6.45) is -4.89. The summed E-state index contributed by atoms with van der Waals surface area (Å²) in [6.45, 7) is 0. The van der Waals surface area contributed by atoms with Crippen LogP contribution in [0.25, 0.3) is 0 Å². The lowest BCUT2D eigenvalue weighted by molar-refractivity contribution is -0.137. The number of hydrogen-bond acceptors (Lipinski definition) is 3. The maximum absolute atomic E-state index is 13.9. The molecule has 4 rings (SSSR count). The molecule has 1 aliphatic heterocycles. The lowest BCUT2D eigenvalue weighted by Gasteiger charge is -2.18. The van der Waals surface area contributed by atoms with Crippen LogP contribution in [0.3, 0.4) is 0 Å². The highest BCUT2D eigenvalue weighted by Crippen LogP contribution is 2.40. The van der Waals surface area contributed by atoms with Gasteiger partial charge < -0.3 is 10.6 Å². The maximum Gasteiger partial charge on any atom is 0.416 e. The first-order chi connectivity index (χ1) is 16.0. The largest absolute Gasteiger partial charge is 0.416 e. The van der Waals surface area contributed by atoms with Crippen molar-refractivity contribution < 1.29 is 31.5 Å². The second-order valence-corrected chi connectivity index (χ2v) is 7.76. The smallest absolute Gasteiger partial charge is 0.341 e. The van der Waals surface area contributed by atoms with Gasteiger partial charge in [-0.25, -0.2) is 8.78 Å². The average Bonchev–Trinajstić information content (AvgIpc) is 3.10. The molecule has 0 fully saturated rings. The molecule has 2 N–H and O–H groups in total. The monoisotopic (exact) mass is 491 g/mol. The van der Waals surface area contributed by atoms with Crippen molar-refractivity contribution in [3.63, 3.8) is 0 Å². The minimum absolute atomic E-state index is 0.0186. The molecule has 0 saturated heterocycles. The van der Waals surface area contributed by atoms with Crippen LogP contribution in [0.1, 0.15) is 49.0 Å². The van der Waals surface area contributed by atoms with Gasteiger partial charge in [-0.1, -0.05) is 11.6 Å². The van der Waals surface area contributed by atoms with Gasteiger partial charge in [0, 0.05) is 33.0 Å². The number of halogens is 6. The van der Waals surface area contributed by atoms with E-state index in [2.05, 4.69) is 10.6 Å². The second kappa shape index (κ2) is 8.43. The molecule has 1 aliphatic rings. The summed E-state index contributed by atoms with van der Waals surface area (Å²) in [5.74, 6) is -3.69. The van der Waals surface area contributed by atoms with E-state index >= 15 is 0 Å². The van der Waals surface area contributed by atoms with Crippen molar-refractivity contribution in [3.8, 4) is 6.07 Å². The molecule has 0 aliphatic carbocycles. The highest BCUT2D eigenvalue weighted by molar-refractivity contribution is 6.31. The van der Waals surface area contributed by atoms with Gasteiger partial charge in [-0.15, -0.1) is 0 Å². The molecule has 34 heavy (non-hydrogen) atoms. The van der Waals surface area contributed by atoms with Crippen LogP contribution < -0.4 is 10.6 Å². The topological polar surface area (TPSA) is 82.0 Å². The van der Waals surface area contributed by atoms with Crippen molar-refractivity contribution in [3.05, 3.63) is 98.6 Å². The van der Waals surface area contributed by atoms with Crippen LogP contribution in [0, 0.1) is 23.0 Å². The molecule has 3 aromatic carbocycles. The van der Waals surface area contributed by atoms with Gasteiger partial charge >= 0.3 is 6.18 Å². The second-order valence-electron chi connectivity index (χ2n) is 7.35. The van der Waals surface area contributed by atoms with E-state index in [1.54, 1.807) is 0 Å². The van der Waals surface area contributed by atoms with Crippen molar-refractivity contribution in [1.29, 1.82) is 5.26 Å².